The summed E-state index contributed by atoms with van der Waals surface area (Å²) in [6.45, 7) is 1.05. The molecule has 2 fully saturated rings. The Bertz CT molecular complexity index is 1440. The van der Waals surface area contributed by atoms with E-state index in [0.717, 1.165) is 47.1 Å². The van der Waals surface area contributed by atoms with Gasteiger partial charge >= 0.3 is 12.1 Å². The third kappa shape index (κ3) is 5.15. The van der Waals surface area contributed by atoms with Gasteiger partial charge in [-0.3, -0.25) is 9.69 Å². The molecule has 3 aromatic carbocycles. The van der Waals surface area contributed by atoms with E-state index in [1.807, 2.05) is 66.5 Å². The number of amides is 2. The third-order valence-corrected chi connectivity index (χ3v) is 9.55. The molecule has 42 heavy (non-hydrogen) atoms. The first-order valence-electron chi connectivity index (χ1n) is 14.7. The van der Waals surface area contributed by atoms with Crippen LogP contribution in [0.1, 0.15) is 48.3 Å². The number of carbonyl (C=O) groups is 3. The van der Waals surface area contributed by atoms with E-state index in [0.29, 0.717) is 13.0 Å². The van der Waals surface area contributed by atoms with Crippen molar-refractivity contribution in [3.63, 3.8) is 0 Å². The van der Waals surface area contributed by atoms with Gasteiger partial charge in [0.15, 0.2) is 0 Å². The fourth-order valence-corrected chi connectivity index (χ4v) is 7.07. The van der Waals surface area contributed by atoms with Crippen LogP contribution in [0.25, 0.3) is 11.1 Å². The molecule has 6 rings (SSSR count). The van der Waals surface area contributed by atoms with Crippen LogP contribution in [0.5, 0.6) is 0 Å². The van der Waals surface area contributed by atoms with Crippen LogP contribution in [0.4, 0.5) is 4.79 Å². The zero-order valence-corrected chi connectivity index (χ0v) is 23.8. The van der Waals surface area contributed by atoms with Gasteiger partial charge in [-0.15, -0.1) is 0 Å². The van der Waals surface area contributed by atoms with Crippen LogP contribution < -0.4 is 10.6 Å². The Labute approximate surface area is 246 Å². The molecule has 3 aromatic rings. The maximum Gasteiger partial charge on any atom is 0.407 e. The summed E-state index contributed by atoms with van der Waals surface area (Å²) in [4.78, 5) is 40.6. The van der Waals surface area contributed by atoms with E-state index in [9.17, 15) is 19.5 Å². The van der Waals surface area contributed by atoms with E-state index < -0.39 is 23.5 Å². The van der Waals surface area contributed by atoms with Crippen molar-refractivity contribution in [2.24, 2.45) is 10.8 Å². The quantitative estimate of drug-likeness (QED) is 0.308. The number of carbonyl (C=O) groups excluding carboxylic acids is 2. The van der Waals surface area contributed by atoms with Gasteiger partial charge in [0.2, 0.25) is 5.91 Å². The SMILES string of the molecule is CN(Cc1ccccc1)CC(NC(=O)C1(CNC(=O)OCC2c3ccccc3-c3ccccc32)CC12CCC2)C(=O)O. The number of carboxylic acids is 1. The third-order valence-electron chi connectivity index (χ3n) is 9.55. The van der Waals surface area contributed by atoms with Crippen LogP contribution in [0.15, 0.2) is 78.9 Å². The van der Waals surface area contributed by atoms with Gasteiger partial charge in [-0.1, -0.05) is 85.3 Å². The van der Waals surface area contributed by atoms with Crippen LogP contribution >= 0.6 is 0 Å². The Morgan fingerprint density at radius 1 is 0.952 bits per heavy atom. The average molecular weight is 568 g/mol. The Morgan fingerprint density at radius 2 is 1.57 bits per heavy atom. The molecular weight excluding hydrogens is 530 g/mol. The molecule has 218 valence electrons. The summed E-state index contributed by atoms with van der Waals surface area (Å²) in [5.74, 6) is -1.43. The van der Waals surface area contributed by atoms with Crippen LogP contribution in [-0.4, -0.2) is 60.8 Å². The van der Waals surface area contributed by atoms with Crippen molar-refractivity contribution in [3.05, 3.63) is 95.6 Å². The molecule has 2 amide bonds. The van der Waals surface area contributed by atoms with Gasteiger partial charge in [-0.2, -0.15) is 0 Å². The minimum atomic E-state index is -1.08. The lowest BCUT2D eigenvalue weighted by atomic mass is 9.74. The number of rotatable bonds is 11. The van der Waals surface area contributed by atoms with E-state index in [1.165, 1.54) is 0 Å². The molecule has 2 atom stereocenters. The monoisotopic (exact) mass is 567 g/mol. The van der Waals surface area contributed by atoms with Crippen LogP contribution in [0.2, 0.25) is 0 Å². The van der Waals surface area contributed by atoms with Crippen molar-refractivity contribution in [2.45, 2.75) is 44.2 Å². The molecule has 3 N–H and O–H groups in total. The van der Waals surface area contributed by atoms with Crippen molar-refractivity contribution in [1.29, 1.82) is 0 Å². The van der Waals surface area contributed by atoms with E-state index >= 15 is 0 Å². The molecule has 0 saturated heterocycles. The second-order valence-electron chi connectivity index (χ2n) is 12.1. The van der Waals surface area contributed by atoms with Gasteiger partial charge in [0.1, 0.15) is 12.6 Å². The van der Waals surface area contributed by atoms with Gasteiger partial charge < -0.3 is 20.5 Å². The molecule has 0 aromatic heterocycles. The van der Waals surface area contributed by atoms with Crippen LogP contribution in [0, 0.1) is 10.8 Å². The second kappa shape index (κ2) is 11.2. The molecule has 2 saturated carbocycles. The Balaban J connectivity index is 1.07. The van der Waals surface area contributed by atoms with Gasteiger partial charge in [-0.25, -0.2) is 9.59 Å². The van der Waals surface area contributed by atoms with Crippen molar-refractivity contribution in [1.82, 2.24) is 15.5 Å². The summed E-state index contributed by atoms with van der Waals surface area (Å²) >= 11 is 0. The number of nitrogens with zero attached hydrogens (tertiary/aromatic N) is 1. The highest BCUT2D eigenvalue weighted by Gasteiger charge is 2.73. The summed E-state index contributed by atoms with van der Waals surface area (Å²) in [5.41, 5.74) is 4.66. The maximum atomic E-state index is 13.7. The van der Waals surface area contributed by atoms with E-state index in [-0.39, 0.29) is 36.9 Å². The predicted octanol–water partition coefficient (Wildman–Crippen LogP) is 4.79. The number of hydrogen-bond acceptors (Lipinski definition) is 5. The second-order valence-corrected chi connectivity index (χ2v) is 12.1. The van der Waals surface area contributed by atoms with Crippen molar-refractivity contribution < 1.29 is 24.2 Å². The molecule has 0 radical (unpaired) electrons. The number of ether oxygens (including phenoxy) is 1. The van der Waals surface area contributed by atoms with E-state index in [1.54, 1.807) is 0 Å². The molecule has 8 nitrogen and oxygen atoms in total. The summed E-state index contributed by atoms with van der Waals surface area (Å²) in [6.07, 6.45) is 2.91. The first-order valence-corrected chi connectivity index (χ1v) is 14.7. The van der Waals surface area contributed by atoms with Gasteiger partial charge in [0.25, 0.3) is 0 Å². The summed E-state index contributed by atoms with van der Waals surface area (Å²) in [6, 6.07) is 25.1. The van der Waals surface area contributed by atoms with Crippen LogP contribution in [0.3, 0.4) is 0 Å². The Kier molecular flexibility index (Phi) is 7.49. The van der Waals surface area contributed by atoms with Crippen molar-refractivity contribution in [3.8, 4) is 11.1 Å². The fraction of sp³-hybridized carbons (Fsp3) is 0.382. The zero-order chi connectivity index (χ0) is 29.3. The largest absolute Gasteiger partial charge is 0.480 e. The standard InChI is InChI=1S/C34H37N3O5/c1-37(18-23-10-3-2-4-11-23)19-29(30(38)39)36-31(40)34(21-33(34)16-9-17-33)22-35-32(41)42-20-28-26-14-7-5-12-24(26)25-13-6-8-15-27(25)28/h2-8,10-15,28-29H,9,16-22H2,1H3,(H,35,41)(H,36,40)(H,38,39). The number of aliphatic carboxylic acids is 1. The lowest BCUT2D eigenvalue weighted by Crippen LogP contribution is -2.53. The zero-order valence-electron chi connectivity index (χ0n) is 23.8. The summed E-state index contributed by atoms with van der Waals surface area (Å²) < 4.78 is 5.71. The van der Waals surface area contributed by atoms with Gasteiger partial charge in [-0.05, 0) is 59.5 Å². The lowest BCUT2D eigenvalue weighted by molar-refractivity contribution is -0.143. The molecule has 8 heteroatoms. The first-order chi connectivity index (χ1) is 20.3. The normalized spacial score (nSPS) is 20.2. The molecule has 1 spiro atoms. The lowest BCUT2D eigenvalue weighted by Gasteiger charge is -2.33. The number of carboxylic acid groups (broad SMARTS) is 1. The smallest absolute Gasteiger partial charge is 0.407 e. The number of fused-ring (bicyclic) bond motifs is 3. The Hall–Kier alpha value is -4.17. The average Bonchev–Trinajstić information content (AvgIpc) is 3.59. The Morgan fingerprint density at radius 3 is 2.14 bits per heavy atom. The molecule has 0 bridgehead atoms. The minimum Gasteiger partial charge on any atom is -0.480 e. The molecule has 3 aliphatic rings. The van der Waals surface area contributed by atoms with Crippen molar-refractivity contribution >= 4 is 18.0 Å². The number of likely N-dealkylation sites (N-methyl/N-ethyl adjacent to an activating group) is 1. The molecular formula is C34H37N3O5. The van der Waals surface area contributed by atoms with E-state index in [2.05, 4.69) is 34.9 Å². The number of benzene rings is 3. The van der Waals surface area contributed by atoms with Crippen molar-refractivity contribution in [2.75, 3.05) is 26.7 Å². The number of alkyl carbamates (subject to hydrolysis) is 1. The number of hydrogen-bond donors (Lipinski definition) is 3. The van der Waals surface area contributed by atoms with Gasteiger partial charge in [0.05, 0.1) is 5.41 Å². The summed E-state index contributed by atoms with van der Waals surface area (Å²) in [5, 5.41) is 15.6. The fourth-order valence-electron chi connectivity index (χ4n) is 7.07. The minimum absolute atomic E-state index is 0.0523. The molecule has 0 heterocycles. The molecule has 0 aliphatic heterocycles. The molecule has 3 aliphatic carbocycles. The number of nitrogens with one attached hydrogen (secondary N) is 2. The predicted molar refractivity (Wildman–Crippen MR) is 159 cm³/mol. The highest BCUT2D eigenvalue weighted by molar-refractivity contribution is 5.91. The highest BCUT2D eigenvalue weighted by atomic mass is 16.5. The van der Waals surface area contributed by atoms with Gasteiger partial charge in [0, 0.05) is 25.6 Å². The maximum absolute atomic E-state index is 13.7. The highest BCUT2D eigenvalue weighted by Crippen LogP contribution is 2.73. The topological polar surface area (TPSA) is 108 Å². The van der Waals surface area contributed by atoms with Crippen LogP contribution in [-0.2, 0) is 20.9 Å². The summed E-state index contributed by atoms with van der Waals surface area (Å²) in [7, 11) is 1.84. The first kappa shape index (κ1) is 28.0. The van der Waals surface area contributed by atoms with E-state index in [4.69, 9.17) is 4.74 Å². The molecule has 2 unspecified atom stereocenters.